The molecule has 0 aromatic carbocycles. The first-order chi connectivity index (χ1) is 8.84. The smallest absolute Gasteiger partial charge is 0.233 e. The molecule has 0 saturated heterocycles. The van der Waals surface area contributed by atoms with E-state index in [2.05, 4.69) is 22.1 Å². The van der Waals surface area contributed by atoms with Gasteiger partial charge in [-0.15, -0.1) is 11.3 Å². The van der Waals surface area contributed by atoms with E-state index in [0.717, 1.165) is 13.1 Å². The van der Waals surface area contributed by atoms with E-state index in [4.69, 9.17) is 0 Å². The van der Waals surface area contributed by atoms with E-state index in [0.29, 0.717) is 12.5 Å². The van der Waals surface area contributed by atoms with Gasteiger partial charge in [-0.2, -0.15) is 0 Å². The third kappa shape index (κ3) is 4.78. The lowest BCUT2D eigenvalue weighted by Gasteiger charge is -2.21. The second kappa shape index (κ2) is 7.54. The first kappa shape index (κ1) is 13.6. The van der Waals surface area contributed by atoms with Crippen molar-refractivity contribution in [2.45, 2.75) is 38.6 Å². The van der Waals surface area contributed by atoms with Crippen molar-refractivity contribution in [1.29, 1.82) is 0 Å². The number of hydrogen-bond acceptors (Lipinski definition) is 3. The third-order valence-corrected chi connectivity index (χ3v) is 4.35. The van der Waals surface area contributed by atoms with Gasteiger partial charge in [0.15, 0.2) is 0 Å². The molecule has 3 nitrogen and oxygen atoms in total. The Kier molecular flexibility index (Phi) is 5.68. The molecule has 1 aromatic rings. The maximum Gasteiger partial charge on any atom is 0.233 e. The van der Waals surface area contributed by atoms with Crippen molar-refractivity contribution in [1.82, 2.24) is 10.6 Å². The van der Waals surface area contributed by atoms with Crippen LogP contribution in [-0.4, -0.2) is 19.0 Å². The van der Waals surface area contributed by atoms with Crippen LogP contribution in [0.3, 0.4) is 0 Å². The van der Waals surface area contributed by atoms with Gasteiger partial charge < -0.3 is 10.6 Å². The van der Waals surface area contributed by atoms with Crippen molar-refractivity contribution >= 4 is 17.2 Å². The fourth-order valence-corrected chi connectivity index (χ4v) is 3.10. The normalized spacial score (nSPS) is 16.7. The predicted octanol–water partition coefficient (Wildman–Crippen LogP) is 2.53. The number of carbonyl (C=O) groups is 1. The summed E-state index contributed by atoms with van der Waals surface area (Å²) in [6.45, 7) is 2.07. The van der Waals surface area contributed by atoms with Crippen molar-refractivity contribution in [2.24, 2.45) is 5.92 Å². The largest absolute Gasteiger partial charge is 0.355 e. The van der Waals surface area contributed by atoms with E-state index >= 15 is 0 Å². The van der Waals surface area contributed by atoms with E-state index in [1.54, 1.807) is 11.3 Å². The minimum atomic E-state index is 0.122. The van der Waals surface area contributed by atoms with Crippen LogP contribution in [0.4, 0.5) is 0 Å². The first-order valence-corrected chi connectivity index (χ1v) is 7.72. The van der Waals surface area contributed by atoms with Gasteiger partial charge in [0.2, 0.25) is 5.91 Å². The van der Waals surface area contributed by atoms with Crippen molar-refractivity contribution < 1.29 is 4.79 Å². The van der Waals surface area contributed by atoms with Gasteiger partial charge >= 0.3 is 0 Å². The van der Waals surface area contributed by atoms with Crippen LogP contribution in [0.2, 0.25) is 0 Å². The maximum absolute atomic E-state index is 11.6. The van der Waals surface area contributed by atoms with Crippen molar-refractivity contribution in [3.63, 3.8) is 0 Å². The van der Waals surface area contributed by atoms with E-state index in [1.165, 1.54) is 37.0 Å². The highest BCUT2D eigenvalue weighted by Gasteiger charge is 2.13. The molecule has 0 unspecified atom stereocenters. The van der Waals surface area contributed by atoms with Crippen LogP contribution in [0, 0.1) is 5.92 Å². The van der Waals surface area contributed by atoms with Gasteiger partial charge in [0, 0.05) is 18.0 Å². The van der Waals surface area contributed by atoms with E-state index < -0.39 is 0 Å². The third-order valence-electron chi connectivity index (χ3n) is 3.48. The molecule has 1 aromatic heterocycles. The van der Waals surface area contributed by atoms with Gasteiger partial charge in [-0.05, 0) is 30.2 Å². The SMILES string of the molecule is O=C(CNCc1cccs1)NCC1CCCCC1. The molecule has 0 aliphatic heterocycles. The average Bonchev–Trinajstić information content (AvgIpc) is 2.91. The molecule has 0 radical (unpaired) electrons. The van der Waals surface area contributed by atoms with Gasteiger partial charge in [0.1, 0.15) is 0 Å². The average molecular weight is 266 g/mol. The second-order valence-corrected chi connectivity index (χ2v) is 6.02. The zero-order valence-electron chi connectivity index (χ0n) is 10.8. The van der Waals surface area contributed by atoms with Crippen LogP contribution < -0.4 is 10.6 Å². The Morgan fingerprint density at radius 1 is 1.33 bits per heavy atom. The predicted molar refractivity (Wildman–Crippen MR) is 75.6 cm³/mol. The molecule has 0 spiro atoms. The fourth-order valence-electron chi connectivity index (χ4n) is 2.42. The summed E-state index contributed by atoms with van der Waals surface area (Å²) in [5.74, 6) is 0.831. The lowest BCUT2D eigenvalue weighted by molar-refractivity contribution is -0.120. The second-order valence-electron chi connectivity index (χ2n) is 4.99. The van der Waals surface area contributed by atoms with Gasteiger partial charge in [-0.3, -0.25) is 4.79 Å². The summed E-state index contributed by atoms with van der Waals surface area (Å²) in [4.78, 5) is 12.9. The summed E-state index contributed by atoms with van der Waals surface area (Å²) in [5.41, 5.74) is 0. The van der Waals surface area contributed by atoms with E-state index in [-0.39, 0.29) is 5.91 Å². The zero-order valence-corrected chi connectivity index (χ0v) is 11.6. The molecule has 1 aliphatic carbocycles. The summed E-state index contributed by atoms with van der Waals surface area (Å²) in [5, 5.41) is 8.26. The Labute approximate surface area is 113 Å². The van der Waals surface area contributed by atoms with Gasteiger partial charge in [-0.1, -0.05) is 25.3 Å². The molecule has 1 heterocycles. The van der Waals surface area contributed by atoms with Crippen molar-refractivity contribution in [3.8, 4) is 0 Å². The van der Waals surface area contributed by atoms with Crippen LogP contribution in [0.25, 0.3) is 0 Å². The quantitative estimate of drug-likeness (QED) is 0.831. The molecular formula is C14H22N2OS. The monoisotopic (exact) mass is 266 g/mol. The van der Waals surface area contributed by atoms with Crippen molar-refractivity contribution in [3.05, 3.63) is 22.4 Å². The summed E-state index contributed by atoms with van der Waals surface area (Å²) in [7, 11) is 0. The highest BCUT2D eigenvalue weighted by atomic mass is 32.1. The minimum absolute atomic E-state index is 0.122. The topological polar surface area (TPSA) is 41.1 Å². The molecule has 2 N–H and O–H groups in total. The summed E-state index contributed by atoms with van der Waals surface area (Å²) in [6, 6.07) is 4.11. The number of nitrogens with one attached hydrogen (secondary N) is 2. The van der Waals surface area contributed by atoms with E-state index in [1.807, 2.05) is 6.07 Å². The number of hydrogen-bond donors (Lipinski definition) is 2. The molecule has 100 valence electrons. The van der Waals surface area contributed by atoms with Gasteiger partial charge in [0.25, 0.3) is 0 Å². The van der Waals surface area contributed by atoms with Gasteiger partial charge in [0.05, 0.1) is 6.54 Å². The molecule has 0 atom stereocenters. The standard InChI is InChI=1S/C14H22N2OS/c17-14(11-15-10-13-7-4-8-18-13)16-9-12-5-2-1-3-6-12/h4,7-8,12,15H,1-3,5-6,9-11H2,(H,16,17). The van der Waals surface area contributed by atoms with Crippen LogP contribution >= 0.6 is 11.3 Å². The van der Waals surface area contributed by atoms with E-state index in [9.17, 15) is 4.79 Å². The molecule has 2 rings (SSSR count). The Bertz CT molecular complexity index is 345. The number of thiophene rings is 1. The first-order valence-electron chi connectivity index (χ1n) is 6.84. The number of carbonyl (C=O) groups excluding carboxylic acids is 1. The highest BCUT2D eigenvalue weighted by Crippen LogP contribution is 2.22. The molecular weight excluding hydrogens is 244 g/mol. The summed E-state index contributed by atoms with van der Waals surface area (Å²) in [6.07, 6.45) is 6.59. The molecule has 18 heavy (non-hydrogen) atoms. The lowest BCUT2D eigenvalue weighted by atomic mass is 9.89. The van der Waals surface area contributed by atoms with Crippen LogP contribution in [-0.2, 0) is 11.3 Å². The number of amides is 1. The molecule has 0 bridgehead atoms. The van der Waals surface area contributed by atoms with Gasteiger partial charge in [-0.25, -0.2) is 0 Å². The summed E-state index contributed by atoms with van der Waals surface area (Å²) < 4.78 is 0. The van der Waals surface area contributed by atoms with Crippen molar-refractivity contribution in [2.75, 3.05) is 13.1 Å². The minimum Gasteiger partial charge on any atom is -0.355 e. The summed E-state index contributed by atoms with van der Waals surface area (Å²) >= 11 is 1.72. The Morgan fingerprint density at radius 2 is 2.17 bits per heavy atom. The molecule has 1 aliphatic rings. The maximum atomic E-state index is 11.6. The van der Waals surface area contributed by atoms with Crippen LogP contribution in [0.15, 0.2) is 17.5 Å². The number of rotatable bonds is 6. The van der Waals surface area contributed by atoms with Crippen LogP contribution in [0.1, 0.15) is 37.0 Å². The lowest BCUT2D eigenvalue weighted by Crippen LogP contribution is -2.36. The Hall–Kier alpha value is -0.870. The Balaban J connectivity index is 1.54. The molecule has 1 amide bonds. The van der Waals surface area contributed by atoms with Crippen LogP contribution in [0.5, 0.6) is 0 Å². The zero-order chi connectivity index (χ0) is 12.6. The molecule has 1 fully saturated rings. The Morgan fingerprint density at radius 3 is 2.89 bits per heavy atom. The highest BCUT2D eigenvalue weighted by molar-refractivity contribution is 7.09. The molecule has 4 heteroatoms. The molecule has 1 saturated carbocycles. The fraction of sp³-hybridized carbons (Fsp3) is 0.643.